The van der Waals surface area contributed by atoms with E-state index in [1.54, 1.807) is 24.3 Å². The van der Waals surface area contributed by atoms with E-state index in [1.165, 1.54) is 0 Å². The maximum absolute atomic E-state index is 13.2. The third-order valence-electron chi connectivity index (χ3n) is 5.35. The van der Waals surface area contributed by atoms with Gasteiger partial charge < -0.3 is 5.32 Å². The molecule has 0 radical (unpaired) electrons. The number of carbonyl (C=O) groups excluding carboxylic acids is 1. The van der Waals surface area contributed by atoms with Crippen LogP contribution >= 0.6 is 0 Å². The maximum Gasteiger partial charge on any atom is 0.352 e. The lowest BCUT2D eigenvalue weighted by Crippen LogP contribution is -2.46. The SMILES string of the molecule is Cc1cccc(Cn2c(=O)c(C(=O)NC(C)c3ccccc3)nn(-c3ccccc3)c2=O)c1. The summed E-state index contributed by atoms with van der Waals surface area (Å²) in [4.78, 5) is 39.6. The molecule has 166 valence electrons. The minimum atomic E-state index is -0.730. The lowest BCUT2D eigenvalue weighted by atomic mass is 10.1. The van der Waals surface area contributed by atoms with Gasteiger partial charge in [0.1, 0.15) is 0 Å². The molecular formula is C26H24N4O3. The second-order valence-corrected chi connectivity index (χ2v) is 7.86. The summed E-state index contributed by atoms with van der Waals surface area (Å²) in [5.74, 6) is -0.640. The molecule has 1 unspecified atom stereocenters. The van der Waals surface area contributed by atoms with Gasteiger partial charge in [-0.3, -0.25) is 14.2 Å². The fraction of sp³-hybridized carbons (Fsp3) is 0.154. The van der Waals surface area contributed by atoms with Crippen LogP contribution in [0.3, 0.4) is 0 Å². The summed E-state index contributed by atoms with van der Waals surface area (Å²) in [6, 6.07) is 25.3. The number of para-hydroxylation sites is 1. The highest BCUT2D eigenvalue weighted by Gasteiger charge is 2.22. The van der Waals surface area contributed by atoms with Crippen molar-refractivity contribution in [3.05, 3.63) is 128 Å². The number of amides is 1. The molecule has 4 aromatic rings. The van der Waals surface area contributed by atoms with E-state index in [0.717, 1.165) is 25.9 Å². The molecule has 0 bridgehead atoms. The van der Waals surface area contributed by atoms with Crippen LogP contribution in [0.15, 0.2) is 94.5 Å². The molecule has 1 atom stereocenters. The van der Waals surface area contributed by atoms with Gasteiger partial charge in [0.2, 0.25) is 5.69 Å². The van der Waals surface area contributed by atoms with E-state index in [1.807, 2.05) is 74.5 Å². The zero-order valence-corrected chi connectivity index (χ0v) is 18.4. The fourth-order valence-corrected chi connectivity index (χ4v) is 3.62. The number of hydrogen-bond donors (Lipinski definition) is 1. The molecule has 0 spiro atoms. The Kier molecular flexibility index (Phi) is 6.31. The van der Waals surface area contributed by atoms with E-state index >= 15 is 0 Å². The quantitative estimate of drug-likeness (QED) is 0.499. The third-order valence-corrected chi connectivity index (χ3v) is 5.35. The molecule has 0 aliphatic rings. The number of benzene rings is 3. The number of rotatable bonds is 6. The van der Waals surface area contributed by atoms with Gasteiger partial charge in [-0.1, -0.05) is 78.4 Å². The van der Waals surface area contributed by atoms with Crippen molar-refractivity contribution in [2.75, 3.05) is 0 Å². The minimum Gasteiger partial charge on any atom is -0.344 e. The van der Waals surface area contributed by atoms with Crippen LogP contribution in [0.2, 0.25) is 0 Å². The summed E-state index contributed by atoms with van der Waals surface area (Å²) < 4.78 is 2.15. The highest BCUT2D eigenvalue weighted by Crippen LogP contribution is 2.12. The lowest BCUT2D eigenvalue weighted by molar-refractivity contribution is 0.0930. The number of nitrogens with one attached hydrogen (secondary N) is 1. The first-order valence-electron chi connectivity index (χ1n) is 10.6. The van der Waals surface area contributed by atoms with E-state index in [0.29, 0.717) is 5.69 Å². The van der Waals surface area contributed by atoms with E-state index in [-0.39, 0.29) is 18.3 Å². The number of aromatic nitrogens is 3. The van der Waals surface area contributed by atoms with E-state index in [9.17, 15) is 14.4 Å². The molecule has 7 nitrogen and oxygen atoms in total. The smallest absolute Gasteiger partial charge is 0.344 e. The number of aryl methyl sites for hydroxylation is 1. The van der Waals surface area contributed by atoms with Gasteiger partial charge in [-0.15, -0.1) is 0 Å². The molecule has 1 N–H and O–H groups in total. The molecule has 3 aromatic carbocycles. The molecular weight excluding hydrogens is 416 g/mol. The van der Waals surface area contributed by atoms with Crippen LogP contribution in [0.25, 0.3) is 5.69 Å². The second kappa shape index (κ2) is 9.48. The number of hydrogen-bond acceptors (Lipinski definition) is 4. The Labute approximate surface area is 191 Å². The first-order valence-corrected chi connectivity index (χ1v) is 10.6. The van der Waals surface area contributed by atoms with Gasteiger partial charge in [0.05, 0.1) is 18.3 Å². The Bertz CT molecular complexity index is 1390. The van der Waals surface area contributed by atoms with Gasteiger partial charge in [0.25, 0.3) is 11.5 Å². The van der Waals surface area contributed by atoms with Gasteiger partial charge in [0.15, 0.2) is 0 Å². The van der Waals surface area contributed by atoms with Gasteiger partial charge in [-0.05, 0) is 37.1 Å². The van der Waals surface area contributed by atoms with Crippen LogP contribution < -0.4 is 16.6 Å². The van der Waals surface area contributed by atoms with Crippen molar-refractivity contribution in [1.82, 2.24) is 19.7 Å². The van der Waals surface area contributed by atoms with Gasteiger partial charge in [0, 0.05) is 0 Å². The molecule has 0 saturated heterocycles. The van der Waals surface area contributed by atoms with E-state index < -0.39 is 17.2 Å². The average Bonchev–Trinajstić information content (AvgIpc) is 2.83. The second-order valence-electron chi connectivity index (χ2n) is 7.86. The van der Waals surface area contributed by atoms with Crippen molar-refractivity contribution in [2.45, 2.75) is 26.4 Å². The maximum atomic E-state index is 13.2. The molecule has 4 rings (SSSR count). The van der Waals surface area contributed by atoms with E-state index in [2.05, 4.69) is 10.4 Å². The van der Waals surface area contributed by atoms with Crippen molar-refractivity contribution >= 4 is 5.91 Å². The van der Waals surface area contributed by atoms with Crippen molar-refractivity contribution in [1.29, 1.82) is 0 Å². The van der Waals surface area contributed by atoms with Crippen LogP contribution in [-0.2, 0) is 6.54 Å². The minimum absolute atomic E-state index is 0.0310. The van der Waals surface area contributed by atoms with Crippen molar-refractivity contribution < 1.29 is 4.79 Å². The van der Waals surface area contributed by atoms with Crippen LogP contribution in [0.4, 0.5) is 0 Å². The standard InChI is InChI=1S/C26H24N4O3/c1-18-10-9-11-20(16-18)17-29-25(32)23(24(31)27-19(2)21-12-5-3-6-13-21)28-30(26(29)33)22-14-7-4-8-15-22/h3-16,19H,17H2,1-2H3,(H,27,31). The Morgan fingerprint density at radius 2 is 1.61 bits per heavy atom. The van der Waals surface area contributed by atoms with Gasteiger partial charge in [-0.25, -0.2) is 4.79 Å². The molecule has 7 heteroatoms. The normalized spacial score (nSPS) is 11.7. The predicted octanol–water partition coefficient (Wildman–Crippen LogP) is 3.24. The zero-order chi connectivity index (χ0) is 23.4. The molecule has 0 saturated carbocycles. The summed E-state index contributed by atoms with van der Waals surface area (Å²) in [5.41, 5.74) is 1.46. The van der Waals surface area contributed by atoms with Crippen LogP contribution in [0.1, 0.15) is 40.1 Å². The molecule has 0 aliphatic heterocycles. The number of nitrogens with zero attached hydrogens (tertiary/aromatic N) is 3. The first-order chi connectivity index (χ1) is 15.9. The summed E-state index contributed by atoms with van der Waals surface area (Å²) >= 11 is 0. The highest BCUT2D eigenvalue weighted by molar-refractivity contribution is 5.92. The molecule has 0 fully saturated rings. The Hall–Kier alpha value is -4.26. The van der Waals surface area contributed by atoms with Crippen LogP contribution in [0.5, 0.6) is 0 Å². The summed E-state index contributed by atoms with van der Waals surface area (Å²) in [6.07, 6.45) is 0. The van der Waals surface area contributed by atoms with Crippen molar-refractivity contribution in [3.63, 3.8) is 0 Å². The first kappa shape index (κ1) is 22.0. The van der Waals surface area contributed by atoms with Crippen LogP contribution in [0, 0.1) is 6.92 Å². The molecule has 1 aromatic heterocycles. The fourth-order valence-electron chi connectivity index (χ4n) is 3.62. The molecule has 0 aliphatic carbocycles. The van der Waals surface area contributed by atoms with Gasteiger partial charge in [-0.2, -0.15) is 9.78 Å². The number of carbonyl (C=O) groups is 1. The Morgan fingerprint density at radius 3 is 2.27 bits per heavy atom. The highest BCUT2D eigenvalue weighted by atomic mass is 16.2. The van der Waals surface area contributed by atoms with E-state index in [4.69, 9.17) is 0 Å². The summed E-state index contributed by atoms with van der Waals surface area (Å²) in [5, 5.41) is 6.99. The van der Waals surface area contributed by atoms with Crippen molar-refractivity contribution in [3.8, 4) is 5.69 Å². The average molecular weight is 441 g/mol. The predicted molar refractivity (Wildman–Crippen MR) is 127 cm³/mol. The Morgan fingerprint density at radius 1 is 0.939 bits per heavy atom. The summed E-state index contributed by atoms with van der Waals surface area (Å²) in [7, 11) is 0. The zero-order valence-electron chi connectivity index (χ0n) is 18.4. The molecule has 1 amide bonds. The lowest BCUT2D eigenvalue weighted by Gasteiger charge is -2.16. The van der Waals surface area contributed by atoms with Crippen LogP contribution in [-0.4, -0.2) is 20.3 Å². The largest absolute Gasteiger partial charge is 0.352 e. The third kappa shape index (κ3) is 4.82. The molecule has 1 heterocycles. The Balaban J connectivity index is 1.80. The topological polar surface area (TPSA) is 86.0 Å². The van der Waals surface area contributed by atoms with Gasteiger partial charge >= 0.3 is 5.69 Å². The molecule has 33 heavy (non-hydrogen) atoms. The summed E-state index contributed by atoms with van der Waals surface area (Å²) in [6.45, 7) is 3.79. The monoisotopic (exact) mass is 440 g/mol. The van der Waals surface area contributed by atoms with Crippen molar-refractivity contribution in [2.24, 2.45) is 0 Å².